The molecule has 106 valence electrons. The van der Waals surface area contributed by atoms with Crippen molar-refractivity contribution in [2.45, 2.75) is 26.8 Å². The number of fused-ring (bicyclic) bond motifs is 1. The number of hydrogen-bond acceptors (Lipinski definition) is 2. The molecule has 3 rings (SSSR count). The average molecular weight is 278 g/mol. The van der Waals surface area contributed by atoms with Crippen LogP contribution in [0.25, 0.3) is 22.0 Å². The van der Waals surface area contributed by atoms with Crippen LogP contribution in [0.3, 0.4) is 0 Å². The summed E-state index contributed by atoms with van der Waals surface area (Å²) in [6.07, 6.45) is 2.66. The SMILES string of the molecule is CCc1c(-c2ccnc3ccccc23)ccc(=O)n1CC. The summed E-state index contributed by atoms with van der Waals surface area (Å²) < 4.78 is 1.85. The molecule has 0 aliphatic carbocycles. The molecule has 2 aromatic heterocycles. The second-order valence-electron chi connectivity index (χ2n) is 5.01. The van der Waals surface area contributed by atoms with Crippen molar-refractivity contribution in [1.82, 2.24) is 9.55 Å². The zero-order valence-electron chi connectivity index (χ0n) is 12.3. The van der Waals surface area contributed by atoms with E-state index in [0.717, 1.165) is 34.1 Å². The van der Waals surface area contributed by atoms with Crippen molar-refractivity contribution in [2.24, 2.45) is 0 Å². The molecule has 3 heteroatoms. The summed E-state index contributed by atoms with van der Waals surface area (Å²) in [6.45, 7) is 4.79. The summed E-state index contributed by atoms with van der Waals surface area (Å²) in [7, 11) is 0. The molecule has 2 heterocycles. The first-order valence-electron chi connectivity index (χ1n) is 7.33. The predicted octanol–water partition coefficient (Wildman–Crippen LogP) is 3.65. The van der Waals surface area contributed by atoms with Crippen LogP contribution in [0, 0.1) is 0 Å². The molecule has 0 bridgehead atoms. The van der Waals surface area contributed by atoms with E-state index >= 15 is 0 Å². The smallest absolute Gasteiger partial charge is 0.250 e. The third-order valence-electron chi connectivity index (χ3n) is 3.89. The summed E-state index contributed by atoms with van der Waals surface area (Å²) in [6, 6.07) is 13.7. The van der Waals surface area contributed by atoms with Gasteiger partial charge >= 0.3 is 0 Å². The Labute approximate surface area is 123 Å². The highest BCUT2D eigenvalue weighted by atomic mass is 16.1. The van der Waals surface area contributed by atoms with E-state index in [1.807, 2.05) is 48.0 Å². The summed E-state index contributed by atoms with van der Waals surface area (Å²) >= 11 is 0. The van der Waals surface area contributed by atoms with Gasteiger partial charge in [-0.25, -0.2) is 0 Å². The zero-order chi connectivity index (χ0) is 14.8. The lowest BCUT2D eigenvalue weighted by molar-refractivity contribution is 0.683. The molecule has 0 amide bonds. The van der Waals surface area contributed by atoms with Gasteiger partial charge in [-0.2, -0.15) is 0 Å². The maximum absolute atomic E-state index is 12.0. The number of nitrogens with zero attached hydrogens (tertiary/aromatic N) is 2. The van der Waals surface area contributed by atoms with Gasteiger partial charge in [0.25, 0.3) is 5.56 Å². The van der Waals surface area contributed by atoms with E-state index in [9.17, 15) is 4.79 Å². The monoisotopic (exact) mass is 278 g/mol. The van der Waals surface area contributed by atoms with E-state index in [2.05, 4.69) is 18.0 Å². The zero-order valence-corrected chi connectivity index (χ0v) is 12.3. The van der Waals surface area contributed by atoms with Crippen LogP contribution in [0.15, 0.2) is 53.5 Å². The van der Waals surface area contributed by atoms with Crippen molar-refractivity contribution in [3.8, 4) is 11.1 Å². The van der Waals surface area contributed by atoms with Crippen molar-refractivity contribution in [1.29, 1.82) is 0 Å². The molecule has 0 aliphatic rings. The largest absolute Gasteiger partial charge is 0.312 e. The normalized spacial score (nSPS) is 11.0. The van der Waals surface area contributed by atoms with Crippen LogP contribution in [-0.4, -0.2) is 9.55 Å². The molecule has 0 atom stereocenters. The molecule has 1 aromatic carbocycles. The fourth-order valence-corrected chi connectivity index (χ4v) is 2.92. The van der Waals surface area contributed by atoms with Crippen LogP contribution < -0.4 is 5.56 Å². The number of aromatic nitrogens is 2. The molecule has 3 aromatic rings. The Balaban J connectivity index is 2.36. The number of benzene rings is 1. The van der Waals surface area contributed by atoms with Crippen LogP contribution in [-0.2, 0) is 13.0 Å². The molecular formula is C18H18N2O. The van der Waals surface area contributed by atoms with Gasteiger partial charge in [-0.3, -0.25) is 9.78 Å². The van der Waals surface area contributed by atoms with Crippen molar-refractivity contribution >= 4 is 10.9 Å². The Hall–Kier alpha value is -2.42. The highest BCUT2D eigenvalue weighted by Gasteiger charge is 2.12. The average Bonchev–Trinajstić information content (AvgIpc) is 2.54. The van der Waals surface area contributed by atoms with Gasteiger partial charge in [0.15, 0.2) is 0 Å². The Kier molecular flexibility index (Phi) is 3.57. The lowest BCUT2D eigenvalue weighted by atomic mass is 9.98. The third kappa shape index (κ3) is 2.25. The second-order valence-corrected chi connectivity index (χ2v) is 5.01. The van der Waals surface area contributed by atoms with Crippen LogP contribution in [0.1, 0.15) is 19.5 Å². The number of rotatable bonds is 3. The van der Waals surface area contributed by atoms with E-state index < -0.39 is 0 Å². The third-order valence-corrected chi connectivity index (χ3v) is 3.89. The van der Waals surface area contributed by atoms with Crippen LogP contribution in [0.4, 0.5) is 0 Å². The van der Waals surface area contributed by atoms with Crippen molar-refractivity contribution in [2.75, 3.05) is 0 Å². The summed E-state index contributed by atoms with van der Waals surface area (Å²) in [5, 5.41) is 1.12. The molecular weight excluding hydrogens is 260 g/mol. The minimum atomic E-state index is 0.0662. The topological polar surface area (TPSA) is 34.9 Å². The van der Waals surface area contributed by atoms with Crippen LogP contribution in [0.5, 0.6) is 0 Å². The first-order chi connectivity index (χ1) is 10.3. The van der Waals surface area contributed by atoms with Gasteiger partial charge in [0.2, 0.25) is 0 Å². The Morgan fingerprint density at radius 2 is 1.81 bits per heavy atom. The second kappa shape index (κ2) is 5.52. The summed E-state index contributed by atoms with van der Waals surface area (Å²) in [5.74, 6) is 0. The molecule has 0 saturated carbocycles. The minimum Gasteiger partial charge on any atom is -0.312 e. The summed E-state index contributed by atoms with van der Waals surface area (Å²) in [4.78, 5) is 16.4. The Morgan fingerprint density at radius 1 is 1.00 bits per heavy atom. The number of pyridine rings is 2. The molecule has 21 heavy (non-hydrogen) atoms. The van der Waals surface area contributed by atoms with E-state index in [4.69, 9.17) is 0 Å². The highest BCUT2D eigenvalue weighted by Crippen LogP contribution is 2.29. The first-order valence-corrected chi connectivity index (χ1v) is 7.33. The van der Waals surface area contributed by atoms with Crippen molar-refractivity contribution in [3.05, 3.63) is 64.7 Å². The van der Waals surface area contributed by atoms with E-state index in [1.54, 1.807) is 6.07 Å². The van der Waals surface area contributed by atoms with Gasteiger partial charge in [0, 0.05) is 35.5 Å². The minimum absolute atomic E-state index is 0.0662. The fraction of sp³-hybridized carbons (Fsp3) is 0.222. The highest BCUT2D eigenvalue weighted by molar-refractivity contribution is 5.94. The van der Waals surface area contributed by atoms with E-state index in [-0.39, 0.29) is 5.56 Å². The first kappa shape index (κ1) is 13.6. The molecule has 0 saturated heterocycles. The lowest BCUT2D eigenvalue weighted by Gasteiger charge is -2.15. The van der Waals surface area contributed by atoms with Crippen molar-refractivity contribution in [3.63, 3.8) is 0 Å². The summed E-state index contributed by atoms with van der Waals surface area (Å²) in [5.41, 5.74) is 4.39. The number of para-hydroxylation sites is 1. The molecule has 0 spiro atoms. The van der Waals surface area contributed by atoms with Gasteiger partial charge in [-0.05, 0) is 37.1 Å². The van der Waals surface area contributed by atoms with Crippen LogP contribution >= 0.6 is 0 Å². The maximum Gasteiger partial charge on any atom is 0.250 e. The molecule has 0 unspecified atom stereocenters. The fourth-order valence-electron chi connectivity index (χ4n) is 2.92. The molecule has 3 nitrogen and oxygen atoms in total. The van der Waals surface area contributed by atoms with Gasteiger partial charge in [0.1, 0.15) is 0 Å². The van der Waals surface area contributed by atoms with Gasteiger partial charge in [-0.1, -0.05) is 25.1 Å². The quantitative estimate of drug-likeness (QED) is 0.733. The predicted molar refractivity (Wildman–Crippen MR) is 86.5 cm³/mol. The van der Waals surface area contributed by atoms with Gasteiger partial charge < -0.3 is 4.57 Å². The van der Waals surface area contributed by atoms with Gasteiger partial charge in [0.05, 0.1) is 5.52 Å². The molecule has 0 fully saturated rings. The molecule has 0 aliphatic heterocycles. The van der Waals surface area contributed by atoms with Crippen LogP contribution in [0.2, 0.25) is 0 Å². The van der Waals surface area contributed by atoms with E-state index in [1.165, 1.54) is 0 Å². The Morgan fingerprint density at radius 3 is 2.57 bits per heavy atom. The molecule has 0 N–H and O–H groups in total. The lowest BCUT2D eigenvalue weighted by Crippen LogP contribution is -2.22. The van der Waals surface area contributed by atoms with Crippen molar-refractivity contribution < 1.29 is 0 Å². The van der Waals surface area contributed by atoms with Gasteiger partial charge in [-0.15, -0.1) is 0 Å². The standard InChI is InChI=1S/C18H18N2O/c1-3-17-15(9-10-18(21)20(17)4-2)13-11-12-19-16-8-6-5-7-14(13)16/h5-12H,3-4H2,1-2H3. The van der Waals surface area contributed by atoms with E-state index in [0.29, 0.717) is 6.54 Å². The number of hydrogen-bond donors (Lipinski definition) is 0. The Bertz CT molecular complexity index is 844. The maximum atomic E-state index is 12.0. The molecule has 0 radical (unpaired) electrons.